The number of carbonyl (C=O) groups excluding carboxylic acids is 1. The minimum atomic E-state index is -0.216. The average Bonchev–Trinajstić information content (AvgIpc) is 2.88. The van der Waals surface area contributed by atoms with Gasteiger partial charge in [-0.1, -0.05) is 19.9 Å². The highest BCUT2D eigenvalue weighted by atomic mass is 16.2. The van der Waals surface area contributed by atoms with Crippen LogP contribution in [-0.2, 0) is 0 Å². The van der Waals surface area contributed by atoms with Gasteiger partial charge in [0.05, 0.1) is 18.1 Å². The van der Waals surface area contributed by atoms with Gasteiger partial charge >= 0.3 is 6.03 Å². The third kappa shape index (κ3) is 4.08. The molecule has 0 bridgehead atoms. The topological polar surface area (TPSA) is 71.8 Å². The maximum absolute atomic E-state index is 11.7. The Morgan fingerprint density at radius 1 is 1.40 bits per heavy atom. The molecule has 0 fully saturated rings. The molecule has 2 aromatic rings. The molecular formula is C14H19N5O. The van der Waals surface area contributed by atoms with E-state index in [1.165, 1.54) is 0 Å². The highest BCUT2D eigenvalue weighted by Gasteiger charge is 2.05. The zero-order valence-corrected chi connectivity index (χ0v) is 11.7. The van der Waals surface area contributed by atoms with Crippen LogP contribution < -0.4 is 10.6 Å². The number of amides is 2. The van der Waals surface area contributed by atoms with E-state index in [9.17, 15) is 4.79 Å². The number of hydrogen-bond acceptors (Lipinski definition) is 3. The second-order valence-electron chi connectivity index (χ2n) is 4.92. The summed E-state index contributed by atoms with van der Waals surface area (Å²) in [6.45, 7) is 4.91. The maximum atomic E-state index is 11.7. The van der Waals surface area contributed by atoms with Crippen LogP contribution in [0.2, 0.25) is 0 Å². The lowest BCUT2D eigenvalue weighted by atomic mass is 10.1. The molecule has 2 heterocycles. The Labute approximate surface area is 118 Å². The van der Waals surface area contributed by atoms with E-state index in [0.29, 0.717) is 24.0 Å². The number of rotatable bonds is 5. The molecular weight excluding hydrogens is 254 g/mol. The highest BCUT2D eigenvalue weighted by molar-refractivity contribution is 5.88. The first-order chi connectivity index (χ1) is 9.65. The van der Waals surface area contributed by atoms with Gasteiger partial charge in [-0.2, -0.15) is 5.10 Å². The number of hydrogen-bond donors (Lipinski definition) is 2. The molecule has 6 nitrogen and oxygen atoms in total. The summed E-state index contributed by atoms with van der Waals surface area (Å²) in [4.78, 5) is 15.8. The van der Waals surface area contributed by atoms with Crippen LogP contribution >= 0.6 is 0 Å². The molecule has 2 amide bonds. The van der Waals surface area contributed by atoms with Crippen LogP contribution in [-0.4, -0.2) is 27.3 Å². The van der Waals surface area contributed by atoms with Crippen molar-refractivity contribution in [2.75, 3.05) is 11.9 Å². The fraction of sp³-hybridized carbons (Fsp3) is 0.357. The number of nitrogens with one attached hydrogen (secondary N) is 2. The Hall–Kier alpha value is -2.37. The van der Waals surface area contributed by atoms with Gasteiger partial charge in [0.25, 0.3) is 0 Å². The van der Waals surface area contributed by atoms with Gasteiger partial charge in [-0.25, -0.2) is 14.5 Å². The predicted octanol–water partition coefficient (Wildman–Crippen LogP) is 2.43. The molecule has 2 N–H and O–H groups in total. The van der Waals surface area contributed by atoms with Crippen molar-refractivity contribution in [3.05, 3.63) is 36.8 Å². The normalized spacial score (nSPS) is 10.6. The molecule has 2 aromatic heterocycles. The van der Waals surface area contributed by atoms with E-state index in [2.05, 4.69) is 34.6 Å². The Morgan fingerprint density at radius 3 is 2.95 bits per heavy atom. The summed E-state index contributed by atoms with van der Waals surface area (Å²) in [7, 11) is 0. The van der Waals surface area contributed by atoms with E-state index in [-0.39, 0.29) is 6.03 Å². The third-order valence-electron chi connectivity index (χ3n) is 2.73. The van der Waals surface area contributed by atoms with Crippen LogP contribution in [0.1, 0.15) is 20.3 Å². The van der Waals surface area contributed by atoms with E-state index in [0.717, 1.165) is 6.42 Å². The lowest BCUT2D eigenvalue weighted by Gasteiger charge is -2.07. The molecule has 2 rings (SSSR count). The first kappa shape index (κ1) is 14.0. The predicted molar refractivity (Wildman–Crippen MR) is 77.8 cm³/mol. The monoisotopic (exact) mass is 273 g/mol. The maximum Gasteiger partial charge on any atom is 0.319 e. The zero-order chi connectivity index (χ0) is 14.4. The van der Waals surface area contributed by atoms with E-state index in [1.54, 1.807) is 23.3 Å². The van der Waals surface area contributed by atoms with Crippen LogP contribution in [0.4, 0.5) is 10.5 Å². The van der Waals surface area contributed by atoms with Crippen LogP contribution in [0.15, 0.2) is 36.8 Å². The smallest absolute Gasteiger partial charge is 0.319 e. The van der Waals surface area contributed by atoms with Crippen LogP contribution in [0.3, 0.4) is 0 Å². The minimum Gasteiger partial charge on any atom is -0.338 e. The van der Waals surface area contributed by atoms with Crippen molar-refractivity contribution in [1.29, 1.82) is 0 Å². The lowest BCUT2D eigenvalue weighted by Crippen LogP contribution is -2.29. The molecule has 0 aliphatic carbocycles. The molecule has 0 atom stereocenters. The zero-order valence-electron chi connectivity index (χ0n) is 11.7. The molecule has 106 valence electrons. The number of carbonyl (C=O) groups is 1. The fourth-order valence-corrected chi connectivity index (χ4v) is 1.65. The minimum absolute atomic E-state index is 0.216. The molecule has 0 aromatic carbocycles. The molecule has 0 spiro atoms. The van der Waals surface area contributed by atoms with Crippen molar-refractivity contribution in [2.45, 2.75) is 20.3 Å². The van der Waals surface area contributed by atoms with E-state index in [4.69, 9.17) is 0 Å². The summed E-state index contributed by atoms with van der Waals surface area (Å²) in [5.74, 6) is 1.28. The van der Waals surface area contributed by atoms with Gasteiger partial charge < -0.3 is 10.6 Å². The Bertz CT molecular complexity index is 550. The average molecular weight is 273 g/mol. The summed E-state index contributed by atoms with van der Waals surface area (Å²) >= 11 is 0. The SMILES string of the molecule is CC(C)CCNC(=O)Nc1cnn(-c2ccccn2)c1. The van der Waals surface area contributed by atoms with Crippen molar-refractivity contribution in [1.82, 2.24) is 20.1 Å². The van der Waals surface area contributed by atoms with Gasteiger partial charge in [-0.15, -0.1) is 0 Å². The third-order valence-corrected chi connectivity index (χ3v) is 2.73. The summed E-state index contributed by atoms with van der Waals surface area (Å²) in [6, 6.07) is 5.36. The van der Waals surface area contributed by atoms with Crippen LogP contribution in [0, 0.1) is 5.92 Å². The molecule has 0 unspecified atom stereocenters. The van der Waals surface area contributed by atoms with E-state index < -0.39 is 0 Å². The van der Waals surface area contributed by atoms with Gasteiger partial charge in [0.2, 0.25) is 0 Å². The lowest BCUT2D eigenvalue weighted by molar-refractivity contribution is 0.251. The van der Waals surface area contributed by atoms with E-state index >= 15 is 0 Å². The van der Waals surface area contributed by atoms with Crippen molar-refractivity contribution in [2.24, 2.45) is 5.92 Å². The summed E-state index contributed by atoms with van der Waals surface area (Å²) in [5, 5.41) is 9.71. The highest BCUT2D eigenvalue weighted by Crippen LogP contribution is 2.09. The second-order valence-corrected chi connectivity index (χ2v) is 4.92. The second kappa shape index (κ2) is 6.70. The molecule has 0 aliphatic heterocycles. The molecule has 0 saturated carbocycles. The first-order valence-corrected chi connectivity index (χ1v) is 6.66. The van der Waals surface area contributed by atoms with Crippen molar-refractivity contribution in [3.8, 4) is 5.82 Å². The Morgan fingerprint density at radius 2 is 2.25 bits per heavy atom. The largest absolute Gasteiger partial charge is 0.338 e. The van der Waals surface area contributed by atoms with Gasteiger partial charge in [0.1, 0.15) is 0 Å². The number of urea groups is 1. The molecule has 0 aliphatic rings. The standard InChI is InChI=1S/C14H19N5O/c1-11(2)6-8-16-14(20)18-12-9-17-19(10-12)13-5-3-4-7-15-13/h3-5,7,9-11H,6,8H2,1-2H3,(H2,16,18,20). The quantitative estimate of drug-likeness (QED) is 0.878. The van der Waals surface area contributed by atoms with Crippen LogP contribution in [0.5, 0.6) is 0 Å². The summed E-state index contributed by atoms with van der Waals surface area (Å²) < 4.78 is 1.61. The first-order valence-electron chi connectivity index (χ1n) is 6.66. The van der Waals surface area contributed by atoms with Gasteiger partial charge in [0, 0.05) is 12.7 Å². The van der Waals surface area contributed by atoms with Crippen LogP contribution in [0.25, 0.3) is 5.82 Å². The van der Waals surface area contributed by atoms with Gasteiger partial charge in [-0.3, -0.25) is 0 Å². The van der Waals surface area contributed by atoms with Gasteiger partial charge in [0.15, 0.2) is 5.82 Å². The number of pyridine rings is 1. The molecule has 20 heavy (non-hydrogen) atoms. The van der Waals surface area contributed by atoms with Crippen molar-refractivity contribution < 1.29 is 4.79 Å². The summed E-state index contributed by atoms with van der Waals surface area (Å²) in [5.41, 5.74) is 0.637. The van der Waals surface area contributed by atoms with Crippen molar-refractivity contribution >= 4 is 11.7 Å². The van der Waals surface area contributed by atoms with E-state index in [1.807, 2.05) is 18.2 Å². The number of nitrogens with zero attached hydrogens (tertiary/aromatic N) is 3. The molecule has 0 saturated heterocycles. The number of anilines is 1. The van der Waals surface area contributed by atoms with Gasteiger partial charge in [-0.05, 0) is 24.5 Å². The number of aromatic nitrogens is 3. The molecule has 6 heteroatoms. The molecule has 0 radical (unpaired) electrons. The fourth-order valence-electron chi connectivity index (χ4n) is 1.65. The van der Waals surface area contributed by atoms with Crippen molar-refractivity contribution in [3.63, 3.8) is 0 Å². The Kier molecular flexibility index (Phi) is 4.70. The Balaban J connectivity index is 1.88. The summed E-state index contributed by atoms with van der Waals surface area (Å²) in [6.07, 6.45) is 5.98.